The van der Waals surface area contributed by atoms with Crippen molar-refractivity contribution in [1.82, 2.24) is 25.8 Å². The Morgan fingerprint density at radius 2 is 1.94 bits per heavy atom. The maximum Gasteiger partial charge on any atom is 0.251 e. The van der Waals surface area contributed by atoms with Gasteiger partial charge in [-0.15, -0.1) is 0 Å². The zero-order valence-electron chi connectivity index (χ0n) is 21.1. The summed E-state index contributed by atoms with van der Waals surface area (Å²) in [7, 11) is 0. The molecule has 7 nitrogen and oxygen atoms in total. The number of aromatic amines is 1. The second-order valence-corrected chi connectivity index (χ2v) is 10.00. The molecule has 0 saturated carbocycles. The van der Waals surface area contributed by atoms with Crippen molar-refractivity contribution in [1.29, 1.82) is 0 Å². The lowest BCUT2D eigenvalue weighted by atomic mass is 10.0. The Morgan fingerprint density at radius 3 is 2.72 bits per heavy atom. The quantitative estimate of drug-likeness (QED) is 0.334. The average molecular weight is 487 g/mol. The van der Waals surface area contributed by atoms with Gasteiger partial charge < -0.3 is 31.2 Å². The molecule has 2 atom stereocenters. The molecule has 2 fully saturated rings. The molecule has 0 radical (unpaired) electrons. The van der Waals surface area contributed by atoms with Gasteiger partial charge in [-0.1, -0.05) is 24.6 Å². The number of fused-ring (bicyclic) bond motifs is 1. The highest BCUT2D eigenvalue weighted by Gasteiger charge is 2.20. The smallest absolute Gasteiger partial charge is 0.251 e. The molecule has 1 aromatic heterocycles. The standard InChI is InChI=1S/C29H38N6O/c1-21-20-35(17-16-30-21)28(19-25-7-4-5-14-31-25)34-24-11-9-22(10-12-24)29(36)32-15-13-26-18-23-6-2-3-8-27(23)33-26/h2-3,6,8-12,18-19,21,25,30-31,33-34H,4-5,7,13-17,20H2,1H3,(H,32,36)/b28-19-/t21-,25?/m0/s1. The third-order valence-corrected chi connectivity index (χ3v) is 7.10. The van der Waals surface area contributed by atoms with Crippen LogP contribution >= 0.6 is 0 Å². The molecule has 2 aliphatic heterocycles. The maximum absolute atomic E-state index is 12.7. The fourth-order valence-corrected chi connectivity index (χ4v) is 5.12. The molecule has 2 saturated heterocycles. The van der Waals surface area contributed by atoms with Crippen LogP contribution in [-0.4, -0.2) is 60.6 Å². The molecule has 36 heavy (non-hydrogen) atoms. The predicted molar refractivity (Wildman–Crippen MR) is 147 cm³/mol. The van der Waals surface area contributed by atoms with E-state index in [-0.39, 0.29) is 5.91 Å². The van der Waals surface area contributed by atoms with Gasteiger partial charge in [-0.3, -0.25) is 4.79 Å². The molecule has 1 unspecified atom stereocenters. The topological polar surface area (TPSA) is 84.2 Å². The minimum absolute atomic E-state index is 0.0456. The van der Waals surface area contributed by atoms with Crippen LogP contribution in [0.15, 0.2) is 66.5 Å². The SMILES string of the molecule is C[C@H]1CN(/C(=C\C2CCCCN2)Nc2ccc(C(=O)NCCc3cc4ccccc4[nH]3)cc2)CCN1. The van der Waals surface area contributed by atoms with Crippen LogP contribution in [0.5, 0.6) is 0 Å². The summed E-state index contributed by atoms with van der Waals surface area (Å²) in [4.78, 5) is 18.6. The Kier molecular flexibility index (Phi) is 7.88. The first-order valence-corrected chi connectivity index (χ1v) is 13.3. The van der Waals surface area contributed by atoms with Gasteiger partial charge in [0.15, 0.2) is 0 Å². The van der Waals surface area contributed by atoms with Gasteiger partial charge in [-0.25, -0.2) is 0 Å². The maximum atomic E-state index is 12.7. The van der Waals surface area contributed by atoms with Crippen LogP contribution in [-0.2, 0) is 6.42 Å². The van der Waals surface area contributed by atoms with Crippen molar-refractivity contribution in [3.63, 3.8) is 0 Å². The summed E-state index contributed by atoms with van der Waals surface area (Å²) in [5, 5.41) is 15.1. The summed E-state index contributed by atoms with van der Waals surface area (Å²) in [6, 6.07) is 19.0. The molecule has 0 bridgehead atoms. The van der Waals surface area contributed by atoms with E-state index in [0.717, 1.165) is 55.3 Å². The van der Waals surface area contributed by atoms with Crippen LogP contribution in [0.25, 0.3) is 10.9 Å². The molecule has 0 spiro atoms. The van der Waals surface area contributed by atoms with E-state index in [9.17, 15) is 4.79 Å². The van der Waals surface area contributed by atoms with Gasteiger partial charge in [0, 0.05) is 67.1 Å². The van der Waals surface area contributed by atoms with Gasteiger partial charge in [0.1, 0.15) is 5.82 Å². The van der Waals surface area contributed by atoms with E-state index < -0.39 is 0 Å². The highest BCUT2D eigenvalue weighted by molar-refractivity contribution is 5.94. The first kappa shape index (κ1) is 24.4. The monoisotopic (exact) mass is 486 g/mol. The highest BCUT2D eigenvalue weighted by Crippen LogP contribution is 2.19. The molecular weight excluding hydrogens is 448 g/mol. The zero-order chi connectivity index (χ0) is 24.7. The lowest BCUT2D eigenvalue weighted by molar-refractivity contribution is 0.0954. The Hall–Kier alpha value is -3.29. The van der Waals surface area contributed by atoms with Crippen molar-refractivity contribution in [3.05, 3.63) is 77.8 Å². The van der Waals surface area contributed by atoms with Crippen molar-refractivity contribution in [2.45, 2.75) is 44.7 Å². The van der Waals surface area contributed by atoms with Crippen molar-refractivity contribution in [2.24, 2.45) is 0 Å². The van der Waals surface area contributed by atoms with Crippen LogP contribution in [0.2, 0.25) is 0 Å². The van der Waals surface area contributed by atoms with Gasteiger partial charge >= 0.3 is 0 Å². The van der Waals surface area contributed by atoms with E-state index in [1.54, 1.807) is 0 Å². The van der Waals surface area contributed by atoms with Gasteiger partial charge in [0.05, 0.1) is 0 Å². The van der Waals surface area contributed by atoms with Gasteiger partial charge in [0.2, 0.25) is 0 Å². The third kappa shape index (κ3) is 6.28. The number of aromatic nitrogens is 1. The van der Waals surface area contributed by atoms with E-state index in [2.05, 4.69) is 62.3 Å². The summed E-state index contributed by atoms with van der Waals surface area (Å²) >= 11 is 0. The van der Waals surface area contributed by atoms with Gasteiger partial charge in [0.25, 0.3) is 5.91 Å². The summed E-state index contributed by atoms with van der Waals surface area (Å²) in [6.45, 7) is 6.84. The molecule has 190 valence electrons. The highest BCUT2D eigenvalue weighted by atomic mass is 16.1. The lowest BCUT2D eigenvalue weighted by Crippen LogP contribution is -2.50. The molecule has 2 aliphatic rings. The zero-order valence-corrected chi connectivity index (χ0v) is 21.1. The average Bonchev–Trinajstić information content (AvgIpc) is 3.32. The molecule has 3 aromatic rings. The number of nitrogens with zero attached hydrogens (tertiary/aromatic N) is 1. The largest absolute Gasteiger partial charge is 0.358 e. The summed E-state index contributed by atoms with van der Waals surface area (Å²) in [6.07, 6.45) is 6.81. The molecule has 0 aliphatic carbocycles. The van der Waals surface area contributed by atoms with E-state index in [1.807, 2.05) is 36.4 Å². The summed E-state index contributed by atoms with van der Waals surface area (Å²) in [5.74, 6) is 1.11. The molecule has 1 amide bonds. The first-order chi connectivity index (χ1) is 17.6. The van der Waals surface area contributed by atoms with E-state index in [0.29, 0.717) is 24.2 Å². The van der Waals surface area contributed by atoms with Crippen LogP contribution in [0.1, 0.15) is 42.2 Å². The van der Waals surface area contributed by atoms with Crippen molar-refractivity contribution in [2.75, 3.05) is 38.0 Å². The number of nitrogens with one attached hydrogen (secondary N) is 5. The number of benzene rings is 2. The van der Waals surface area contributed by atoms with E-state index >= 15 is 0 Å². The fraction of sp³-hybridized carbons (Fsp3) is 0.414. The number of anilines is 1. The third-order valence-electron chi connectivity index (χ3n) is 7.10. The van der Waals surface area contributed by atoms with Crippen molar-refractivity contribution < 1.29 is 4.79 Å². The Morgan fingerprint density at radius 1 is 1.08 bits per heavy atom. The number of carbonyl (C=O) groups excluding carboxylic acids is 1. The number of hydrogen-bond acceptors (Lipinski definition) is 5. The van der Waals surface area contributed by atoms with Crippen LogP contribution in [0, 0.1) is 0 Å². The molecular formula is C29H38N6O. The minimum Gasteiger partial charge on any atom is -0.358 e. The lowest BCUT2D eigenvalue weighted by Gasteiger charge is -2.36. The number of hydrogen-bond donors (Lipinski definition) is 5. The Labute approximate surface area is 213 Å². The fourth-order valence-electron chi connectivity index (χ4n) is 5.12. The van der Waals surface area contributed by atoms with Gasteiger partial charge in [-0.05, 0) is 74.2 Å². The number of piperidine rings is 1. The first-order valence-electron chi connectivity index (χ1n) is 13.3. The summed E-state index contributed by atoms with van der Waals surface area (Å²) < 4.78 is 0. The number of carbonyl (C=O) groups is 1. The summed E-state index contributed by atoms with van der Waals surface area (Å²) in [5.41, 5.74) is 3.93. The molecule has 3 heterocycles. The van der Waals surface area contributed by atoms with Crippen LogP contribution < -0.4 is 21.3 Å². The molecule has 7 heteroatoms. The van der Waals surface area contributed by atoms with Crippen molar-refractivity contribution >= 4 is 22.5 Å². The number of H-pyrrole nitrogens is 1. The second-order valence-electron chi connectivity index (χ2n) is 10.00. The number of rotatable bonds is 8. The van der Waals surface area contributed by atoms with Gasteiger partial charge in [-0.2, -0.15) is 0 Å². The second kappa shape index (κ2) is 11.6. The Balaban J connectivity index is 1.19. The number of para-hydroxylation sites is 1. The van der Waals surface area contributed by atoms with E-state index in [1.165, 1.54) is 24.6 Å². The van der Waals surface area contributed by atoms with Crippen LogP contribution in [0.4, 0.5) is 5.69 Å². The van der Waals surface area contributed by atoms with E-state index in [4.69, 9.17) is 0 Å². The molecule has 2 aromatic carbocycles. The predicted octanol–water partition coefficient (Wildman–Crippen LogP) is 3.83. The van der Waals surface area contributed by atoms with Crippen LogP contribution in [0.3, 0.4) is 0 Å². The van der Waals surface area contributed by atoms with Crippen molar-refractivity contribution in [3.8, 4) is 0 Å². The Bertz CT molecular complexity index is 1140. The molecule has 5 N–H and O–H groups in total. The minimum atomic E-state index is -0.0456. The normalized spacial score (nSPS) is 20.9. The molecule has 5 rings (SSSR count). The number of piperazine rings is 1. The number of amides is 1.